The zero-order valence-electron chi connectivity index (χ0n) is 11.9. The van der Waals surface area contributed by atoms with Crippen molar-refractivity contribution in [3.63, 3.8) is 0 Å². The van der Waals surface area contributed by atoms with Crippen molar-refractivity contribution in [2.45, 2.75) is 13.5 Å². The van der Waals surface area contributed by atoms with Crippen LogP contribution in [-0.4, -0.2) is 11.5 Å². The number of nitrogens with one attached hydrogen (secondary N) is 1. The molecule has 4 nitrogen and oxygen atoms in total. The van der Waals surface area contributed by atoms with Gasteiger partial charge in [-0.1, -0.05) is 47.7 Å². The molecule has 0 aliphatic rings. The molecule has 2 aromatic carbocycles. The van der Waals surface area contributed by atoms with Crippen LogP contribution < -0.4 is 16.2 Å². The summed E-state index contributed by atoms with van der Waals surface area (Å²) >= 11 is 1.59. The first kappa shape index (κ1) is 13.9. The van der Waals surface area contributed by atoms with Gasteiger partial charge < -0.3 is 4.90 Å². The molecule has 0 saturated heterocycles. The molecule has 0 atom stereocenters. The minimum Gasteiger partial charge on any atom is -0.366 e. The molecule has 0 saturated carbocycles. The van der Waals surface area contributed by atoms with Crippen molar-refractivity contribution in [1.29, 1.82) is 0 Å². The third-order valence-electron chi connectivity index (χ3n) is 3.51. The second-order valence-electron chi connectivity index (χ2n) is 4.79. The maximum absolute atomic E-state index is 5.40. The summed E-state index contributed by atoms with van der Waals surface area (Å²) in [7, 11) is 0. The summed E-state index contributed by atoms with van der Waals surface area (Å²) in [6, 6.07) is 14.9. The number of fused-ring (bicyclic) bond motifs is 1. The van der Waals surface area contributed by atoms with Gasteiger partial charge in [0.05, 0.1) is 6.54 Å². The second kappa shape index (κ2) is 6.11. The average molecular weight is 298 g/mol. The van der Waals surface area contributed by atoms with Crippen LogP contribution in [0.5, 0.6) is 0 Å². The molecule has 0 spiro atoms. The van der Waals surface area contributed by atoms with Gasteiger partial charge in [0.25, 0.3) is 0 Å². The Bertz CT molecular complexity index is 732. The molecule has 0 unspecified atom stereocenters. The van der Waals surface area contributed by atoms with Crippen LogP contribution >= 0.6 is 11.3 Å². The molecule has 0 aliphatic heterocycles. The van der Waals surface area contributed by atoms with Crippen molar-refractivity contribution in [1.82, 2.24) is 4.98 Å². The van der Waals surface area contributed by atoms with Gasteiger partial charge in [-0.05, 0) is 18.4 Å². The monoisotopic (exact) mass is 298 g/mol. The molecule has 5 heteroatoms. The predicted octanol–water partition coefficient (Wildman–Crippen LogP) is 3.61. The summed E-state index contributed by atoms with van der Waals surface area (Å²) in [6.07, 6.45) is 1.88. The highest BCUT2D eigenvalue weighted by molar-refractivity contribution is 7.15. The average Bonchev–Trinajstić information content (AvgIpc) is 3.00. The summed E-state index contributed by atoms with van der Waals surface area (Å²) in [4.78, 5) is 7.78. The minimum absolute atomic E-state index is 0.749. The van der Waals surface area contributed by atoms with E-state index in [1.807, 2.05) is 6.20 Å². The quantitative estimate of drug-likeness (QED) is 0.558. The van der Waals surface area contributed by atoms with Crippen LogP contribution in [0.15, 0.2) is 48.7 Å². The molecule has 0 aliphatic carbocycles. The first-order valence-corrected chi connectivity index (χ1v) is 7.77. The Morgan fingerprint density at radius 1 is 1.19 bits per heavy atom. The lowest BCUT2D eigenvalue weighted by Crippen LogP contribution is -2.21. The second-order valence-corrected chi connectivity index (χ2v) is 5.90. The van der Waals surface area contributed by atoms with Crippen molar-refractivity contribution in [2.24, 2.45) is 5.84 Å². The van der Waals surface area contributed by atoms with Crippen molar-refractivity contribution >= 4 is 32.9 Å². The number of aromatic nitrogens is 1. The highest BCUT2D eigenvalue weighted by Crippen LogP contribution is 2.29. The zero-order valence-corrected chi connectivity index (χ0v) is 12.7. The molecule has 1 aromatic heterocycles. The molecular formula is C16H18N4S. The van der Waals surface area contributed by atoms with Crippen LogP contribution in [0, 0.1) is 0 Å². The third-order valence-corrected chi connectivity index (χ3v) is 4.43. The topological polar surface area (TPSA) is 54.2 Å². The molecule has 0 amide bonds. The van der Waals surface area contributed by atoms with Gasteiger partial charge in [0.15, 0.2) is 5.13 Å². The molecule has 21 heavy (non-hydrogen) atoms. The fraction of sp³-hybridized carbons (Fsp3) is 0.188. The van der Waals surface area contributed by atoms with E-state index in [2.05, 4.69) is 64.7 Å². The Morgan fingerprint density at radius 2 is 2.00 bits per heavy atom. The molecule has 0 bridgehead atoms. The number of hydrogen-bond acceptors (Lipinski definition) is 5. The van der Waals surface area contributed by atoms with Crippen molar-refractivity contribution < 1.29 is 0 Å². The lowest BCUT2D eigenvalue weighted by Gasteiger charge is -2.24. The number of nitrogen functional groups attached to an aromatic ring is 1. The van der Waals surface area contributed by atoms with Gasteiger partial charge in [-0.3, -0.25) is 5.43 Å². The number of nitrogens with two attached hydrogens (primary N) is 1. The van der Waals surface area contributed by atoms with Gasteiger partial charge in [-0.15, -0.1) is 0 Å². The molecule has 1 heterocycles. The van der Waals surface area contributed by atoms with E-state index in [9.17, 15) is 0 Å². The fourth-order valence-electron chi connectivity index (χ4n) is 2.49. The van der Waals surface area contributed by atoms with Gasteiger partial charge in [0, 0.05) is 28.7 Å². The number of benzene rings is 2. The van der Waals surface area contributed by atoms with Crippen molar-refractivity contribution in [3.05, 3.63) is 53.5 Å². The Kier molecular flexibility index (Phi) is 4.03. The number of hydrogen-bond donors (Lipinski definition) is 2. The van der Waals surface area contributed by atoms with Gasteiger partial charge >= 0.3 is 0 Å². The van der Waals surface area contributed by atoms with Crippen LogP contribution in [0.1, 0.15) is 11.8 Å². The summed E-state index contributed by atoms with van der Waals surface area (Å²) < 4.78 is 0. The Balaban J connectivity index is 1.94. The highest BCUT2D eigenvalue weighted by atomic mass is 32.1. The molecule has 0 fully saturated rings. The van der Waals surface area contributed by atoms with Gasteiger partial charge in [-0.25, -0.2) is 10.8 Å². The highest BCUT2D eigenvalue weighted by Gasteiger charge is 2.10. The normalized spacial score (nSPS) is 10.8. The Morgan fingerprint density at radius 3 is 2.76 bits per heavy atom. The van der Waals surface area contributed by atoms with Crippen LogP contribution in [0.25, 0.3) is 10.8 Å². The Hall–Kier alpha value is -2.11. The third kappa shape index (κ3) is 2.84. The van der Waals surface area contributed by atoms with Crippen molar-refractivity contribution in [3.8, 4) is 0 Å². The van der Waals surface area contributed by atoms with E-state index < -0.39 is 0 Å². The van der Waals surface area contributed by atoms with Crippen LogP contribution in [-0.2, 0) is 6.54 Å². The SMILES string of the molecule is CCN(Cc1cnc(NN)s1)c1cccc2ccccc12. The van der Waals surface area contributed by atoms with E-state index >= 15 is 0 Å². The molecule has 3 aromatic rings. The van der Waals surface area contributed by atoms with Crippen LogP contribution in [0.4, 0.5) is 10.8 Å². The van der Waals surface area contributed by atoms with Crippen LogP contribution in [0.3, 0.4) is 0 Å². The number of anilines is 2. The van der Waals surface area contributed by atoms with E-state index in [0.717, 1.165) is 18.2 Å². The molecule has 3 rings (SSSR count). The van der Waals surface area contributed by atoms with E-state index in [4.69, 9.17) is 5.84 Å². The summed E-state index contributed by atoms with van der Waals surface area (Å²) in [5, 5.41) is 3.30. The largest absolute Gasteiger partial charge is 0.366 e. The standard InChI is InChI=1S/C16H18N4S/c1-2-20(11-13-10-18-16(19-17)21-13)15-9-5-7-12-6-3-4-8-14(12)15/h3-10H,2,11,17H2,1H3,(H,18,19). The lowest BCUT2D eigenvalue weighted by molar-refractivity contribution is 0.845. The molecule has 108 valence electrons. The maximum atomic E-state index is 5.40. The van der Waals surface area contributed by atoms with Gasteiger partial charge in [0.1, 0.15) is 0 Å². The minimum atomic E-state index is 0.749. The predicted molar refractivity (Wildman–Crippen MR) is 90.6 cm³/mol. The smallest absolute Gasteiger partial charge is 0.197 e. The molecule has 0 radical (unpaired) electrons. The van der Waals surface area contributed by atoms with Crippen molar-refractivity contribution in [2.75, 3.05) is 16.9 Å². The van der Waals surface area contributed by atoms with E-state index in [1.165, 1.54) is 21.3 Å². The van der Waals surface area contributed by atoms with Gasteiger partial charge in [-0.2, -0.15) is 0 Å². The Labute approximate surface area is 128 Å². The number of nitrogens with zero attached hydrogens (tertiary/aromatic N) is 2. The fourth-order valence-corrected chi connectivity index (χ4v) is 3.23. The number of hydrazine groups is 1. The lowest BCUT2D eigenvalue weighted by atomic mass is 10.1. The zero-order chi connectivity index (χ0) is 14.7. The molecule has 3 N–H and O–H groups in total. The van der Waals surface area contributed by atoms with Crippen LogP contribution in [0.2, 0.25) is 0 Å². The summed E-state index contributed by atoms with van der Waals surface area (Å²) in [5.74, 6) is 5.40. The van der Waals surface area contributed by atoms with E-state index in [-0.39, 0.29) is 0 Å². The molecular weight excluding hydrogens is 280 g/mol. The number of thiazole rings is 1. The number of rotatable bonds is 5. The summed E-state index contributed by atoms with van der Waals surface area (Å²) in [5.41, 5.74) is 3.85. The maximum Gasteiger partial charge on any atom is 0.197 e. The van der Waals surface area contributed by atoms with E-state index in [1.54, 1.807) is 11.3 Å². The first-order valence-electron chi connectivity index (χ1n) is 6.96. The summed E-state index contributed by atoms with van der Waals surface area (Å²) in [6.45, 7) is 3.95. The van der Waals surface area contributed by atoms with Gasteiger partial charge in [0.2, 0.25) is 0 Å². The first-order chi connectivity index (χ1) is 10.3. The van der Waals surface area contributed by atoms with E-state index in [0.29, 0.717) is 0 Å².